The molecule has 1 aliphatic heterocycles. The second-order valence-electron chi connectivity index (χ2n) is 7.37. The minimum atomic E-state index is -0.272. The maximum Gasteiger partial charge on any atom is 0.271 e. The number of benzene rings is 3. The summed E-state index contributed by atoms with van der Waals surface area (Å²) in [5.41, 5.74) is 3.67. The molecule has 1 unspecified atom stereocenters. The molecule has 6 heteroatoms. The van der Waals surface area contributed by atoms with E-state index in [1.165, 1.54) is 11.3 Å². The van der Waals surface area contributed by atoms with Gasteiger partial charge < -0.3 is 4.74 Å². The van der Waals surface area contributed by atoms with Crippen molar-refractivity contribution in [3.8, 4) is 5.75 Å². The predicted octanol–water partition coefficient (Wildman–Crippen LogP) is 4.66. The van der Waals surface area contributed by atoms with Gasteiger partial charge in [-0.1, -0.05) is 77.5 Å². The zero-order valence-corrected chi connectivity index (χ0v) is 18.8. The maximum atomic E-state index is 13.5. The summed E-state index contributed by atoms with van der Waals surface area (Å²) in [5, 5.41) is 0.659. The van der Waals surface area contributed by atoms with Gasteiger partial charge in [0.25, 0.3) is 5.56 Å². The molecule has 0 N–H and O–H groups in total. The molecule has 1 atom stereocenters. The number of allylic oxidation sites excluding steroid dienone is 1. The minimum absolute atomic E-state index is 0.0696. The summed E-state index contributed by atoms with van der Waals surface area (Å²) in [6.45, 7) is 0. The molecule has 2 heterocycles. The third-order valence-corrected chi connectivity index (χ3v) is 6.55. The van der Waals surface area contributed by atoms with Crippen molar-refractivity contribution < 1.29 is 4.74 Å². The Kier molecular flexibility index (Phi) is 5.52. The lowest BCUT2D eigenvalue weighted by Crippen LogP contribution is -2.36. The predicted molar refractivity (Wildman–Crippen MR) is 130 cm³/mol. The highest BCUT2D eigenvalue weighted by Gasteiger charge is 2.22. The van der Waals surface area contributed by atoms with Crippen molar-refractivity contribution in [3.05, 3.63) is 126 Å². The molecule has 0 spiro atoms. The number of halogens is 1. The fraction of sp³-hybridized carbons (Fsp3) is 0.0769. The molecule has 0 radical (unpaired) electrons. The minimum Gasteiger partial charge on any atom is -0.497 e. The van der Waals surface area contributed by atoms with Gasteiger partial charge in [-0.3, -0.25) is 9.36 Å². The van der Waals surface area contributed by atoms with E-state index in [9.17, 15) is 4.79 Å². The molecule has 0 fully saturated rings. The Labute approximate surface area is 194 Å². The van der Waals surface area contributed by atoms with E-state index >= 15 is 0 Å². The number of nitrogens with zero attached hydrogens (tertiary/aromatic N) is 2. The summed E-state index contributed by atoms with van der Waals surface area (Å²) in [5.74, 6) is 0.747. The quantitative estimate of drug-likeness (QED) is 0.446. The smallest absolute Gasteiger partial charge is 0.271 e. The zero-order valence-electron chi connectivity index (χ0n) is 17.2. The molecule has 158 valence electrons. The number of fused-ring (bicyclic) bond motifs is 1. The molecular weight excluding hydrogens is 440 g/mol. The van der Waals surface area contributed by atoms with Crippen LogP contribution in [-0.2, 0) is 0 Å². The van der Waals surface area contributed by atoms with Crippen molar-refractivity contribution in [2.24, 2.45) is 4.99 Å². The van der Waals surface area contributed by atoms with Crippen LogP contribution >= 0.6 is 22.9 Å². The highest BCUT2D eigenvalue weighted by atomic mass is 35.5. The van der Waals surface area contributed by atoms with Crippen LogP contribution in [0, 0.1) is 0 Å². The molecule has 1 aromatic heterocycles. The molecule has 0 aliphatic carbocycles. The van der Waals surface area contributed by atoms with Crippen LogP contribution in [0.1, 0.15) is 22.7 Å². The van der Waals surface area contributed by atoms with E-state index in [4.69, 9.17) is 21.3 Å². The van der Waals surface area contributed by atoms with Gasteiger partial charge in [0.15, 0.2) is 4.80 Å². The average Bonchev–Trinajstić information content (AvgIpc) is 3.14. The van der Waals surface area contributed by atoms with Gasteiger partial charge >= 0.3 is 0 Å². The number of methoxy groups -OCH3 is 1. The fourth-order valence-electron chi connectivity index (χ4n) is 3.73. The Morgan fingerprint density at radius 2 is 1.81 bits per heavy atom. The van der Waals surface area contributed by atoms with Crippen LogP contribution in [-0.4, -0.2) is 11.7 Å². The third kappa shape index (κ3) is 3.93. The van der Waals surface area contributed by atoms with Crippen LogP contribution in [0.25, 0.3) is 11.8 Å². The van der Waals surface area contributed by atoms with E-state index in [2.05, 4.69) is 0 Å². The summed E-state index contributed by atoms with van der Waals surface area (Å²) in [7, 11) is 1.63. The topological polar surface area (TPSA) is 43.6 Å². The van der Waals surface area contributed by atoms with E-state index in [1.54, 1.807) is 11.7 Å². The number of hydrogen-bond donors (Lipinski definition) is 0. The summed E-state index contributed by atoms with van der Waals surface area (Å²) in [4.78, 5) is 19.0. The van der Waals surface area contributed by atoms with Gasteiger partial charge in [0.1, 0.15) is 5.75 Å². The normalized spacial score (nSPS) is 15.6. The van der Waals surface area contributed by atoms with Crippen LogP contribution in [0.3, 0.4) is 0 Å². The standard InChI is InChI=1S/C26H19ClN2O2S/c1-31-21-9-5-6-17(14-21)15-24-25(30)29-23(19-10-12-20(27)13-11-19)16-22(28-26(29)32-24)18-7-3-2-4-8-18/h2-16,23H,1H3. The Bertz CT molecular complexity index is 1490. The lowest BCUT2D eigenvalue weighted by molar-refractivity contribution is 0.414. The molecule has 5 rings (SSSR count). The van der Waals surface area contributed by atoms with Crippen LogP contribution in [0.4, 0.5) is 0 Å². The second kappa shape index (κ2) is 8.61. The SMILES string of the molecule is COc1cccc(C=c2sc3n(c2=O)C(c2ccc(Cl)cc2)C=C(c2ccccc2)N=3)c1. The molecule has 4 nitrogen and oxygen atoms in total. The first-order chi connectivity index (χ1) is 15.6. The number of thiazole rings is 1. The summed E-state index contributed by atoms with van der Waals surface area (Å²) >= 11 is 7.50. The molecule has 4 aromatic rings. The van der Waals surface area contributed by atoms with Crippen molar-refractivity contribution in [2.75, 3.05) is 7.11 Å². The second-order valence-corrected chi connectivity index (χ2v) is 8.82. The van der Waals surface area contributed by atoms with E-state index in [0.29, 0.717) is 14.4 Å². The maximum absolute atomic E-state index is 13.5. The first-order valence-corrected chi connectivity index (χ1v) is 11.3. The summed E-state index contributed by atoms with van der Waals surface area (Å²) < 4.78 is 7.69. The molecule has 0 saturated carbocycles. The number of rotatable bonds is 4. The van der Waals surface area contributed by atoms with Crippen LogP contribution in [0.2, 0.25) is 5.02 Å². The van der Waals surface area contributed by atoms with Crippen LogP contribution < -0.4 is 19.6 Å². The van der Waals surface area contributed by atoms with Crippen molar-refractivity contribution in [1.82, 2.24) is 4.57 Å². The first-order valence-electron chi connectivity index (χ1n) is 10.1. The Hall–Kier alpha value is -3.41. The first kappa shape index (κ1) is 20.5. The number of aromatic nitrogens is 1. The monoisotopic (exact) mass is 458 g/mol. The van der Waals surface area contributed by atoms with Gasteiger partial charge in [-0.2, -0.15) is 0 Å². The largest absolute Gasteiger partial charge is 0.497 e. The zero-order chi connectivity index (χ0) is 22.1. The Morgan fingerprint density at radius 1 is 1.03 bits per heavy atom. The van der Waals surface area contributed by atoms with Crippen molar-refractivity contribution >= 4 is 34.7 Å². The van der Waals surface area contributed by atoms with Gasteiger partial charge in [0.05, 0.1) is 23.4 Å². The van der Waals surface area contributed by atoms with E-state index in [0.717, 1.165) is 28.1 Å². The number of hydrogen-bond acceptors (Lipinski definition) is 4. The molecule has 32 heavy (non-hydrogen) atoms. The van der Waals surface area contributed by atoms with Crippen molar-refractivity contribution in [2.45, 2.75) is 6.04 Å². The lowest BCUT2D eigenvalue weighted by atomic mass is 10.0. The molecular formula is C26H19ClN2O2S. The van der Waals surface area contributed by atoms with Gasteiger partial charge in [0.2, 0.25) is 0 Å². The summed E-state index contributed by atoms with van der Waals surface area (Å²) in [6.07, 6.45) is 3.92. The van der Waals surface area contributed by atoms with E-state index in [1.807, 2.05) is 91.0 Å². The fourth-order valence-corrected chi connectivity index (χ4v) is 4.87. The van der Waals surface area contributed by atoms with Crippen LogP contribution in [0.15, 0.2) is 94.7 Å². The van der Waals surface area contributed by atoms with Gasteiger partial charge in [-0.15, -0.1) is 0 Å². The molecule has 0 bridgehead atoms. The van der Waals surface area contributed by atoms with Gasteiger partial charge in [-0.25, -0.2) is 4.99 Å². The number of ether oxygens (including phenoxy) is 1. The van der Waals surface area contributed by atoms with Gasteiger partial charge in [0, 0.05) is 5.02 Å². The Morgan fingerprint density at radius 3 is 2.56 bits per heavy atom. The Balaban J connectivity index is 1.71. The average molecular weight is 459 g/mol. The molecule has 0 amide bonds. The molecule has 1 aliphatic rings. The van der Waals surface area contributed by atoms with Crippen LogP contribution in [0.5, 0.6) is 5.75 Å². The highest BCUT2D eigenvalue weighted by molar-refractivity contribution is 7.07. The van der Waals surface area contributed by atoms with Crippen molar-refractivity contribution in [1.29, 1.82) is 0 Å². The van der Waals surface area contributed by atoms with Gasteiger partial charge in [-0.05, 0) is 53.1 Å². The third-order valence-electron chi connectivity index (χ3n) is 5.32. The van der Waals surface area contributed by atoms with E-state index < -0.39 is 0 Å². The molecule has 0 saturated heterocycles. The lowest BCUT2D eigenvalue weighted by Gasteiger charge is -2.19. The van der Waals surface area contributed by atoms with Crippen molar-refractivity contribution in [3.63, 3.8) is 0 Å². The van der Waals surface area contributed by atoms with E-state index in [-0.39, 0.29) is 11.6 Å². The highest BCUT2D eigenvalue weighted by Crippen LogP contribution is 2.27. The summed E-state index contributed by atoms with van der Waals surface area (Å²) in [6, 6.07) is 25.0. The molecule has 3 aromatic carbocycles.